The number of likely N-dealkylation sites (N-methyl/N-ethyl adjacent to an activating group) is 1. The molecule has 0 fully saturated rings. The topological polar surface area (TPSA) is 78.4 Å². The average molecular weight is 222 g/mol. The van der Waals surface area contributed by atoms with Gasteiger partial charge < -0.3 is 15.3 Å². The van der Waals surface area contributed by atoms with Crippen LogP contribution in [0.4, 0.5) is 5.82 Å². The van der Waals surface area contributed by atoms with Gasteiger partial charge in [-0.25, -0.2) is 9.97 Å². The highest BCUT2D eigenvalue weighted by Gasteiger charge is 2.18. The van der Waals surface area contributed by atoms with Gasteiger partial charge in [0.05, 0.1) is 5.69 Å². The predicted octanol–water partition coefficient (Wildman–Crippen LogP) is -0.0390. The molecule has 0 saturated carbocycles. The van der Waals surface area contributed by atoms with E-state index < -0.39 is 5.97 Å². The lowest BCUT2D eigenvalue weighted by atomic mass is 10.1. The molecule has 6 nitrogen and oxygen atoms in total. The van der Waals surface area contributed by atoms with Gasteiger partial charge in [0.25, 0.3) is 0 Å². The maximum Gasteiger partial charge on any atom is 0.322 e. The van der Waals surface area contributed by atoms with Gasteiger partial charge >= 0.3 is 5.97 Å². The Kier molecular flexibility index (Phi) is 3.00. The summed E-state index contributed by atoms with van der Waals surface area (Å²) in [5.41, 5.74) is 2.03. The monoisotopic (exact) mass is 222 g/mol. The standard InChI is InChI=1S/C10H14N4O2/c1-14-3-2-7-8(5-14)12-6-13-10(7)11-4-9(15)16/h6H,2-5H2,1H3,(H,15,16)(H,11,12,13). The Morgan fingerprint density at radius 3 is 3.19 bits per heavy atom. The second-order valence-electron chi connectivity index (χ2n) is 3.88. The second-order valence-corrected chi connectivity index (χ2v) is 3.88. The second kappa shape index (κ2) is 4.44. The zero-order valence-corrected chi connectivity index (χ0v) is 9.10. The van der Waals surface area contributed by atoms with Gasteiger partial charge in [0.2, 0.25) is 0 Å². The highest BCUT2D eigenvalue weighted by Crippen LogP contribution is 2.21. The van der Waals surface area contributed by atoms with Crippen LogP contribution in [0.1, 0.15) is 11.3 Å². The maximum atomic E-state index is 10.5. The molecule has 0 saturated heterocycles. The first-order chi connectivity index (χ1) is 7.66. The third kappa shape index (κ3) is 2.27. The van der Waals surface area contributed by atoms with E-state index in [2.05, 4.69) is 20.2 Å². The van der Waals surface area contributed by atoms with Gasteiger partial charge in [-0.1, -0.05) is 0 Å². The predicted molar refractivity (Wildman–Crippen MR) is 58.2 cm³/mol. The largest absolute Gasteiger partial charge is 0.480 e. The molecule has 0 bridgehead atoms. The van der Waals surface area contributed by atoms with Crippen molar-refractivity contribution in [2.24, 2.45) is 0 Å². The lowest BCUT2D eigenvalue weighted by Gasteiger charge is -2.25. The minimum absolute atomic E-state index is 0.112. The van der Waals surface area contributed by atoms with E-state index in [1.54, 1.807) is 0 Å². The Morgan fingerprint density at radius 1 is 1.62 bits per heavy atom. The number of carboxylic acid groups (broad SMARTS) is 1. The number of fused-ring (bicyclic) bond motifs is 1. The summed E-state index contributed by atoms with van der Waals surface area (Å²) in [6, 6.07) is 0. The highest BCUT2D eigenvalue weighted by molar-refractivity contribution is 5.72. The molecule has 0 aliphatic carbocycles. The zero-order chi connectivity index (χ0) is 11.5. The van der Waals surface area contributed by atoms with Crippen molar-refractivity contribution in [2.45, 2.75) is 13.0 Å². The first-order valence-corrected chi connectivity index (χ1v) is 5.14. The molecule has 2 rings (SSSR count). The van der Waals surface area contributed by atoms with E-state index in [4.69, 9.17) is 5.11 Å². The first kappa shape index (κ1) is 10.8. The van der Waals surface area contributed by atoms with Crippen LogP contribution in [-0.2, 0) is 17.8 Å². The van der Waals surface area contributed by atoms with Crippen molar-refractivity contribution in [3.05, 3.63) is 17.6 Å². The zero-order valence-electron chi connectivity index (χ0n) is 9.10. The third-order valence-corrected chi connectivity index (χ3v) is 2.60. The van der Waals surface area contributed by atoms with E-state index in [9.17, 15) is 4.79 Å². The van der Waals surface area contributed by atoms with Crippen LogP contribution in [-0.4, -0.2) is 46.1 Å². The minimum atomic E-state index is -0.889. The Morgan fingerprint density at radius 2 is 2.44 bits per heavy atom. The Labute approximate surface area is 93.3 Å². The van der Waals surface area contributed by atoms with Crippen molar-refractivity contribution in [3.63, 3.8) is 0 Å². The van der Waals surface area contributed by atoms with Crippen LogP contribution < -0.4 is 5.32 Å². The van der Waals surface area contributed by atoms with E-state index in [-0.39, 0.29) is 6.54 Å². The fraction of sp³-hybridized carbons (Fsp3) is 0.500. The number of rotatable bonds is 3. The molecule has 1 aliphatic heterocycles. The fourth-order valence-electron chi connectivity index (χ4n) is 1.80. The van der Waals surface area contributed by atoms with Crippen molar-refractivity contribution in [2.75, 3.05) is 25.5 Å². The molecule has 6 heteroatoms. The van der Waals surface area contributed by atoms with E-state index in [0.29, 0.717) is 5.82 Å². The summed E-state index contributed by atoms with van der Waals surface area (Å²) >= 11 is 0. The number of nitrogens with one attached hydrogen (secondary N) is 1. The molecule has 0 spiro atoms. The smallest absolute Gasteiger partial charge is 0.322 e. The summed E-state index contributed by atoms with van der Waals surface area (Å²) in [6.45, 7) is 1.63. The summed E-state index contributed by atoms with van der Waals surface area (Å²) in [7, 11) is 2.04. The molecular formula is C10H14N4O2. The van der Waals surface area contributed by atoms with Crippen LogP contribution in [0.15, 0.2) is 6.33 Å². The average Bonchev–Trinajstić information content (AvgIpc) is 2.25. The highest BCUT2D eigenvalue weighted by atomic mass is 16.4. The van der Waals surface area contributed by atoms with Crippen molar-refractivity contribution in [1.29, 1.82) is 0 Å². The van der Waals surface area contributed by atoms with E-state index in [0.717, 1.165) is 30.8 Å². The summed E-state index contributed by atoms with van der Waals surface area (Å²) in [5, 5.41) is 11.4. The molecule has 0 unspecified atom stereocenters. The molecule has 0 atom stereocenters. The van der Waals surface area contributed by atoms with Crippen molar-refractivity contribution < 1.29 is 9.90 Å². The van der Waals surface area contributed by atoms with Crippen LogP contribution in [0.25, 0.3) is 0 Å². The molecule has 86 valence electrons. The normalized spacial score (nSPS) is 15.6. The minimum Gasteiger partial charge on any atom is -0.480 e. The quantitative estimate of drug-likeness (QED) is 0.747. The lowest BCUT2D eigenvalue weighted by molar-refractivity contribution is -0.134. The number of anilines is 1. The van der Waals surface area contributed by atoms with Crippen molar-refractivity contribution in [1.82, 2.24) is 14.9 Å². The molecule has 2 N–H and O–H groups in total. The molecule has 1 aromatic rings. The third-order valence-electron chi connectivity index (χ3n) is 2.60. The number of carbonyl (C=O) groups is 1. The molecule has 2 heterocycles. The Balaban J connectivity index is 2.20. The molecule has 0 amide bonds. The van der Waals surface area contributed by atoms with Gasteiger partial charge in [-0.2, -0.15) is 0 Å². The van der Waals surface area contributed by atoms with Crippen molar-refractivity contribution >= 4 is 11.8 Å². The van der Waals surface area contributed by atoms with Crippen LogP contribution in [0, 0.1) is 0 Å². The van der Waals surface area contributed by atoms with Crippen LogP contribution in [0.2, 0.25) is 0 Å². The van der Waals surface area contributed by atoms with E-state index >= 15 is 0 Å². The van der Waals surface area contributed by atoms with Gasteiger partial charge in [-0.05, 0) is 13.5 Å². The van der Waals surface area contributed by atoms with E-state index in [1.807, 2.05) is 7.05 Å². The SMILES string of the molecule is CN1CCc2c(ncnc2NCC(=O)O)C1. The lowest BCUT2D eigenvalue weighted by Crippen LogP contribution is -2.29. The molecule has 1 aromatic heterocycles. The molecule has 16 heavy (non-hydrogen) atoms. The van der Waals surface area contributed by atoms with E-state index in [1.165, 1.54) is 6.33 Å². The van der Waals surface area contributed by atoms with Gasteiger partial charge in [0.1, 0.15) is 18.7 Å². The number of hydrogen-bond acceptors (Lipinski definition) is 5. The number of hydrogen-bond donors (Lipinski definition) is 2. The fourth-order valence-corrected chi connectivity index (χ4v) is 1.80. The van der Waals surface area contributed by atoms with Crippen LogP contribution in [0.3, 0.4) is 0 Å². The number of carboxylic acids is 1. The number of aliphatic carboxylic acids is 1. The Hall–Kier alpha value is -1.69. The number of nitrogens with zero attached hydrogens (tertiary/aromatic N) is 3. The first-order valence-electron chi connectivity index (χ1n) is 5.14. The molecule has 1 aliphatic rings. The summed E-state index contributed by atoms with van der Waals surface area (Å²) in [4.78, 5) is 21.0. The molecule has 0 aromatic carbocycles. The summed E-state index contributed by atoms with van der Waals surface area (Å²) in [5.74, 6) is -0.235. The van der Waals surface area contributed by atoms with Crippen LogP contribution >= 0.6 is 0 Å². The van der Waals surface area contributed by atoms with Gasteiger partial charge in [0.15, 0.2) is 0 Å². The van der Waals surface area contributed by atoms with Gasteiger partial charge in [-0.15, -0.1) is 0 Å². The number of aromatic nitrogens is 2. The van der Waals surface area contributed by atoms with Gasteiger partial charge in [-0.3, -0.25) is 4.79 Å². The van der Waals surface area contributed by atoms with Crippen LogP contribution in [0.5, 0.6) is 0 Å². The summed E-state index contributed by atoms with van der Waals surface area (Å²) < 4.78 is 0. The maximum absolute atomic E-state index is 10.5. The van der Waals surface area contributed by atoms with Crippen molar-refractivity contribution in [3.8, 4) is 0 Å². The summed E-state index contributed by atoms with van der Waals surface area (Å²) in [6.07, 6.45) is 2.33. The molecule has 0 radical (unpaired) electrons. The molecular weight excluding hydrogens is 208 g/mol. The Bertz CT molecular complexity index is 408. The van der Waals surface area contributed by atoms with Gasteiger partial charge in [0, 0.05) is 18.7 Å².